The Hall–Kier alpha value is -3.07. The Morgan fingerprint density at radius 2 is 0.864 bits per heavy atom. The van der Waals surface area contributed by atoms with Gasteiger partial charge in [-0.1, -0.05) is 201 Å². The highest BCUT2D eigenvalue weighted by Crippen LogP contribution is 2.38. The second kappa shape index (κ2) is 47.0. The van der Waals surface area contributed by atoms with E-state index in [9.17, 15) is 19.0 Å². The van der Waals surface area contributed by atoms with Crippen molar-refractivity contribution in [3.63, 3.8) is 0 Å². The summed E-state index contributed by atoms with van der Waals surface area (Å²) in [6.07, 6.45) is 63.4. The standard InChI is InChI=1S/C56H96NO8P/c1-6-8-10-12-14-15-16-17-18-19-20-21-22-23-24-25-26-27-28-29-30-31-32-33-34-35-36-37-38-39-40-41-43-45-47-49-56(59)65-54(53-64-66(60,61)63-51-50-57(3,4)5)52-62-55(58)48-46-44-42-13-11-9-7-2/h8,10,14-15,17-18,20-21,23-24,26-27,29-30,32-33,54H,6-7,9,11-13,16,19,22,25,28,31,34-53H2,1-5H3/b10-8-,15-14-,18-17-,21-20-,24-23-,27-26-,30-29-,33-32-. The molecule has 0 fully saturated rings. The lowest BCUT2D eigenvalue weighted by Gasteiger charge is -2.28. The van der Waals surface area contributed by atoms with Gasteiger partial charge in [0.15, 0.2) is 6.10 Å². The molecule has 0 spiro atoms. The van der Waals surface area contributed by atoms with E-state index in [1.54, 1.807) is 0 Å². The highest BCUT2D eigenvalue weighted by Gasteiger charge is 2.21. The molecule has 10 heteroatoms. The van der Waals surface area contributed by atoms with Gasteiger partial charge in [0.2, 0.25) is 0 Å². The molecular weight excluding hydrogens is 846 g/mol. The predicted molar refractivity (Wildman–Crippen MR) is 277 cm³/mol. The van der Waals surface area contributed by atoms with Crippen LogP contribution in [-0.2, 0) is 32.7 Å². The third-order valence-electron chi connectivity index (χ3n) is 10.6. The number of quaternary nitrogens is 1. The lowest BCUT2D eigenvalue weighted by molar-refractivity contribution is -0.870. The van der Waals surface area contributed by atoms with Gasteiger partial charge in [0.05, 0.1) is 27.7 Å². The number of phosphoric acid groups is 1. The number of likely N-dealkylation sites (N-methyl/N-ethyl adjacent to an activating group) is 1. The molecule has 0 aromatic carbocycles. The summed E-state index contributed by atoms with van der Waals surface area (Å²) in [5.74, 6) is -0.851. The summed E-state index contributed by atoms with van der Waals surface area (Å²) in [6.45, 7) is 4.04. The number of ether oxygens (including phenoxy) is 2. The molecule has 0 N–H and O–H groups in total. The van der Waals surface area contributed by atoms with Crippen molar-refractivity contribution in [2.45, 2.75) is 200 Å². The van der Waals surface area contributed by atoms with E-state index in [1.165, 1.54) is 57.8 Å². The van der Waals surface area contributed by atoms with Crippen LogP contribution < -0.4 is 4.89 Å². The minimum Gasteiger partial charge on any atom is -0.756 e. The van der Waals surface area contributed by atoms with Crippen LogP contribution >= 0.6 is 7.82 Å². The zero-order valence-corrected chi connectivity index (χ0v) is 43.5. The molecule has 2 atom stereocenters. The van der Waals surface area contributed by atoms with Crippen molar-refractivity contribution < 1.29 is 42.1 Å². The van der Waals surface area contributed by atoms with Crippen LogP contribution in [0, 0.1) is 0 Å². The first-order valence-corrected chi connectivity index (χ1v) is 27.4. The molecule has 0 rings (SSSR count). The number of esters is 2. The van der Waals surface area contributed by atoms with E-state index < -0.39 is 32.5 Å². The van der Waals surface area contributed by atoms with E-state index in [2.05, 4.69) is 111 Å². The minimum absolute atomic E-state index is 0.0350. The quantitative estimate of drug-likeness (QED) is 0.0195. The molecule has 0 saturated heterocycles. The molecular formula is C56H96NO8P. The van der Waals surface area contributed by atoms with Crippen LogP contribution in [0.5, 0.6) is 0 Å². The Morgan fingerprint density at radius 1 is 0.485 bits per heavy atom. The molecule has 0 bridgehead atoms. The third kappa shape index (κ3) is 50.3. The monoisotopic (exact) mass is 942 g/mol. The topological polar surface area (TPSA) is 111 Å². The fraction of sp³-hybridized carbons (Fsp3) is 0.679. The molecule has 0 aliphatic rings. The SMILES string of the molecule is CC/C=C\C/C=C\C/C=C\C/C=C\C/C=C\C/C=C\C/C=C\C/C=C\CCCCCCCCCCCCC(=O)OC(COC(=O)CCCCCCCCC)COP(=O)([O-])OCC[N+](C)(C)C. The van der Waals surface area contributed by atoms with Gasteiger partial charge in [-0.3, -0.25) is 14.2 Å². The number of hydrogen-bond acceptors (Lipinski definition) is 8. The molecule has 0 saturated carbocycles. The van der Waals surface area contributed by atoms with Gasteiger partial charge in [-0.15, -0.1) is 0 Å². The molecule has 0 amide bonds. The maximum atomic E-state index is 12.7. The van der Waals surface area contributed by atoms with Crippen LogP contribution in [0.4, 0.5) is 0 Å². The molecule has 0 aliphatic carbocycles. The van der Waals surface area contributed by atoms with Crippen molar-refractivity contribution in [2.75, 3.05) is 47.5 Å². The molecule has 0 aliphatic heterocycles. The van der Waals surface area contributed by atoms with Crippen LogP contribution in [0.1, 0.15) is 194 Å². The first kappa shape index (κ1) is 62.9. The summed E-state index contributed by atoms with van der Waals surface area (Å²) in [4.78, 5) is 37.4. The second-order valence-corrected chi connectivity index (χ2v) is 19.6. The van der Waals surface area contributed by atoms with Crippen LogP contribution in [0.15, 0.2) is 97.2 Å². The number of carbonyl (C=O) groups excluding carboxylic acids is 2. The van der Waals surface area contributed by atoms with E-state index in [0.29, 0.717) is 17.4 Å². The van der Waals surface area contributed by atoms with Gasteiger partial charge in [-0.05, 0) is 77.0 Å². The Morgan fingerprint density at radius 3 is 1.29 bits per heavy atom. The number of hydrogen-bond donors (Lipinski definition) is 0. The molecule has 0 radical (unpaired) electrons. The Balaban J connectivity index is 4.04. The Kier molecular flexibility index (Phi) is 44.8. The molecule has 2 unspecified atom stereocenters. The maximum Gasteiger partial charge on any atom is 0.306 e. The first-order valence-electron chi connectivity index (χ1n) is 25.9. The number of rotatable bonds is 46. The van der Waals surface area contributed by atoms with Gasteiger partial charge >= 0.3 is 11.9 Å². The van der Waals surface area contributed by atoms with Crippen molar-refractivity contribution in [1.82, 2.24) is 0 Å². The predicted octanol–water partition coefficient (Wildman–Crippen LogP) is 15.1. The highest BCUT2D eigenvalue weighted by molar-refractivity contribution is 7.45. The van der Waals surface area contributed by atoms with Gasteiger partial charge in [0.25, 0.3) is 7.82 Å². The van der Waals surface area contributed by atoms with Gasteiger partial charge in [0, 0.05) is 12.8 Å². The summed E-state index contributed by atoms with van der Waals surface area (Å²) < 4.78 is 33.8. The third-order valence-corrected chi connectivity index (χ3v) is 11.6. The molecule has 0 heterocycles. The van der Waals surface area contributed by atoms with Crippen LogP contribution in [-0.4, -0.2) is 70.0 Å². The summed E-state index contributed by atoms with van der Waals surface area (Å²) in [5, 5.41) is 0. The lowest BCUT2D eigenvalue weighted by Crippen LogP contribution is -2.37. The van der Waals surface area contributed by atoms with Crippen molar-refractivity contribution in [1.29, 1.82) is 0 Å². The maximum absolute atomic E-state index is 12.7. The zero-order chi connectivity index (χ0) is 48.5. The summed E-state index contributed by atoms with van der Waals surface area (Å²) in [7, 11) is 1.15. The smallest absolute Gasteiger partial charge is 0.306 e. The molecule has 66 heavy (non-hydrogen) atoms. The van der Waals surface area contributed by atoms with E-state index in [0.717, 1.165) is 103 Å². The average Bonchev–Trinajstić information content (AvgIpc) is 3.27. The average molecular weight is 942 g/mol. The highest BCUT2D eigenvalue weighted by atomic mass is 31.2. The van der Waals surface area contributed by atoms with Gasteiger partial charge in [-0.25, -0.2) is 0 Å². The molecule has 0 aromatic heterocycles. The number of allylic oxidation sites excluding steroid dienone is 16. The largest absolute Gasteiger partial charge is 0.756 e. The van der Waals surface area contributed by atoms with Crippen LogP contribution in [0.3, 0.4) is 0 Å². The Bertz CT molecular complexity index is 1440. The number of unbranched alkanes of at least 4 members (excludes halogenated alkanes) is 16. The summed E-state index contributed by atoms with van der Waals surface area (Å²) >= 11 is 0. The summed E-state index contributed by atoms with van der Waals surface area (Å²) in [6, 6.07) is 0. The van der Waals surface area contributed by atoms with Crippen molar-refractivity contribution in [3.05, 3.63) is 97.2 Å². The lowest BCUT2D eigenvalue weighted by atomic mass is 10.0. The minimum atomic E-state index is -4.63. The number of phosphoric ester groups is 1. The van der Waals surface area contributed by atoms with Crippen molar-refractivity contribution in [3.8, 4) is 0 Å². The second-order valence-electron chi connectivity index (χ2n) is 18.2. The van der Waals surface area contributed by atoms with E-state index in [-0.39, 0.29) is 26.1 Å². The fourth-order valence-electron chi connectivity index (χ4n) is 6.61. The zero-order valence-electron chi connectivity index (χ0n) is 42.6. The van der Waals surface area contributed by atoms with Gasteiger partial charge in [0.1, 0.15) is 19.8 Å². The van der Waals surface area contributed by atoms with E-state index in [1.807, 2.05) is 21.1 Å². The van der Waals surface area contributed by atoms with Crippen molar-refractivity contribution in [2.24, 2.45) is 0 Å². The Labute approximate surface area is 404 Å². The van der Waals surface area contributed by atoms with Crippen LogP contribution in [0.2, 0.25) is 0 Å². The number of carbonyl (C=O) groups is 2. The molecule has 9 nitrogen and oxygen atoms in total. The van der Waals surface area contributed by atoms with Crippen LogP contribution in [0.25, 0.3) is 0 Å². The molecule has 378 valence electrons. The van der Waals surface area contributed by atoms with Gasteiger partial charge < -0.3 is 27.9 Å². The normalized spacial score (nSPS) is 14.2. The van der Waals surface area contributed by atoms with E-state index in [4.69, 9.17) is 18.5 Å². The van der Waals surface area contributed by atoms with Crippen molar-refractivity contribution >= 4 is 19.8 Å². The first-order chi connectivity index (χ1) is 32.0. The van der Waals surface area contributed by atoms with Gasteiger partial charge in [-0.2, -0.15) is 0 Å². The number of nitrogens with zero attached hydrogens (tertiary/aromatic N) is 1. The summed E-state index contributed by atoms with van der Waals surface area (Å²) in [5.41, 5.74) is 0. The molecule has 0 aromatic rings. The van der Waals surface area contributed by atoms with E-state index >= 15 is 0 Å². The fourth-order valence-corrected chi connectivity index (χ4v) is 7.34.